The van der Waals surface area contributed by atoms with Crippen LogP contribution in [0.4, 0.5) is 9.59 Å². The lowest BCUT2D eigenvalue weighted by molar-refractivity contribution is 0.0382. The molecule has 1 aromatic carbocycles. The Labute approximate surface area is 130 Å². The minimum atomic E-state index is -1.04. The monoisotopic (exact) mass is 321 g/mol. The third-order valence-corrected chi connectivity index (χ3v) is 4.78. The van der Waals surface area contributed by atoms with E-state index in [4.69, 9.17) is 0 Å². The van der Waals surface area contributed by atoms with E-state index in [0.717, 1.165) is 15.8 Å². The zero-order valence-electron chi connectivity index (χ0n) is 11.8. The summed E-state index contributed by atoms with van der Waals surface area (Å²) in [5.74, 6) is 0. The number of aromatic nitrogens is 1. The van der Waals surface area contributed by atoms with Crippen LogP contribution in [0, 0.1) is 0 Å². The quantitative estimate of drug-likeness (QED) is 0.842. The Bertz CT molecular complexity index is 732. The van der Waals surface area contributed by atoms with Gasteiger partial charge in [0.05, 0.1) is 27.8 Å². The molecule has 2 atom stereocenters. The molecule has 0 bridgehead atoms. The van der Waals surface area contributed by atoms with E-state index in [9.17, 15) is 19.8 Å². The lowest BCUT2D eigenvalue weighted by atomic mass is 10.00. The Kier molecular flexibility index (Phi) is 3.61. The summed E-state index contributed by atoms with van der Waals surface area (Å²) in [7, 11) is 0. The van der Waals surface area contributed by atoms with E-state index < -0.39 is 18.2 Å². The molecule has 1 aromatic heterocycles. The molecule has 2 N–H and O–H groups in total. The topological polar surface area (TPSA) is 94.0 Å². The van der Waals surface area contributed by atoms with Gasteiger partial charge in [0.25, 0.3) is 0 Å². The Morgan fingerprint density at radius 2 is 1.95 bits per heavy atom. The SMILES string of the molecule is C[C@@H]1CN(C(=O)O)[C@@H](c2ccc3scnc3c2)CN1C(=O)O. The van der Waals surface area contributed by atoms with Crippen LogP contribution in [0.1, 0.15) is 18.5 Å². The van der Waals surface area contributed by atoms with Crippen molar-refractivity contribution in [2.75, 3.05) is 13.1 Å². The van der Waals surface area contributed by atoms with Crippen molar-refractivity contribution in [3.8, 4) is 0 Å². The fourth-order valence-electron chi connectivity index (χ4n) is 2.82. The van der Waals surface area contributed by atoms with Crippen LogP contribution in [-0.2, 0) is 0 Å². The summed E-state index contributed by atoms with van der Waals surface area (Å²) in [5, 5.41) is 18.7. The summed E-state index contributed by atoms with van der Waals surface area (Å²) < 4.78 is 1.02. The van der Waals surface area contributed by atoms with E-state index in [1.807, 2.05) is 18.2 Å². The fourth-order valence-corrected chi connectivity index (χ4v) is 3.48. The van der Waals surface area contributed by atoms with Gasteiger partial charge in [-0.1, -0.05) is 6.07 Å². The third kappa shape index (κ3) is 2.45. The van der Waals surface area contributed by atoms with E-state index >= 15 is 0 Å². The third-order valence-electron chi connectivity index (χ3n) is 3.97. The van der Waals surface area contributed by atoms with Crippen LogP contribution >= 0.6 is 11.3 Å². The molecule has 0 saturated carbocycles. The van der Waals surface area contributed by atoms with Crippen molar-refractivity contribution in [3.63, 3.8) is 0 Å². The van der Waals surface area contributed by atoms with Gasteiger partial charge < -0.3 is 15.1 Å². The van der Waals surface area contributed by atoms with Crippen LogP contribution in [-0.4, -0.2) is 56.3 Å². The highest BCUT2D eigenvalue weighted by Crippen LogP contribution is 2.30. The maximum atomic E-state index is 11.5. The number of hydrogen-bond donors (Lipinski definition) is 2. The van der Waals surface area contributed by atoms with E-state index in [1.54, 1.807) is 12.4 Å². The lowest BCUT2D eigenvalue weighted by Gasteiger charge is -2.42. The van der Waals surface area contributed by atoms with Crippen LogP contribution in [0.15, 0.2) is 23.7 Å². The second-order valence-corrected chi connectivity index (χ2v) is 6.20. The molecule has 0 radical (unpaired) electrons. The van der Waals surface area contributed by atoms with Gasteiger partial charge in [0.1, 0.15) is 0 Å². The molecular weight excluding hydrogens is 306 g/mol. The second-order valence-electron chi connectivity index (χ2n) is 5.31. The van der Waals surface area contributed by atoms with Crippen molar-refractivity contribution in [2.45, 2.75) is 19.0 Å². The summed E-state index contributed by atoms with van der Waals surface area (Å²) >= 11 is 1.51. The molecular formula is C14H15N3O4S. The van der Waals surface area contributed by atoms with E-state index in [0.29, 0.717) is 0 Å². The van der Waals surface area contributed by atoms with Crippen molar-refractivity contribution in [3.05, 3.63) is 29.3 Å². The molecule has 1 fully saturated rings. The standard InChI is InChI=1S/C14H15N3O4S/c1-8-5-17(14(20)21)11(6-16(8)13(18)19)9-2-3-12-10(4-9)15-7-22-12/h2-4,7-8,11H,5-6H2,1H3,(H,18,19)(H,20,21)/t8-,11-/m1/s1. The number of benzene rings is 1. The van der Waals surface area contributed by atoms with E-state index in [2.05, 4.69) is 4.98 Å². The van der Waals surface area contributed by atoms with Crippen molar-refractivity contribution in [1.29, 1.82) is 0 Å². The van der Waals surface area contributed by atoms with Crippen molar-refractivity contribution in [1.82, 2.24) is 14.8 Å². The van der Waals surface area contributed by atoms with Crippen LogP contribution in [0.2, 0.25) is 0 Å². The number of hydrogen-bond acceptors (Lipinski definition) is 4. The Balaban J connectivity index is 1.99. The zero-order valence-corrected chi connectivity index (χ0v) is 12.7. The molecule has 1 aliphatic rings. The van der Waals surface area contributed by atoms with Crippen LogP contribution in [0.5, 0.6) is 0 Å². The van der Waals surface area contributed by atoms with Crippen LogP contribution < -0.4 is 0 Å². The minimum Gasteiger partial charge on any atom is -0.465 e. The summed E-state index contributed by atoms with van der Waals surface area (Å²) in [5.41, 5.74) is 3.29. The van der Waals surface area contributed by atoms with Gasteiger partial charge in [-0.2, -0.15) is 0 Å². The van der Waals surface area contributed by atoms with E-state index in [-0.39, 0.29) is 19.1 Å². The number of carbonyl (C=O) groups is 2. The molecule has 0 unspecified atom stereocenters. The van der Waals surface area contributed by atoms with Gasteiger partial charge in [-0.05, 0) is 24.6 Å². The highest BCUT2D eigenvalue weighted by Gasteiger charge is 2.37. The highest BCUT2D eigenvalue weighted by atomic mass is 32.1. The molecule has 8 heteroatoms. The predicted octanol–water partition coefficient (Wildman–Crippen LogP) is 2.70. The van der Waals surface area contributed by atoms with E-state index in [1.165, 1.54) is 21.1 Å². The highest BCUT2D eigenvalue weighted by molar-refractivity contribution is 7.16. The Morgan fingerprint density at radius 1 is 1.23 bits per heavy atom. The number of fused-ring (bicyclic) bond motifs is 1. The molecule has 2 heterocycles. The maximum Gasteiger partial charge on any atom is 0.407 e. The Hall–Kier alpha value is -2.35. The van der Waals surface area contributed by atoms with Crippen LogP contribution in [0.25, 0.3) is 10.2 Å². The number of carboxylic acid groups (broad SMARTS) is 2. The average molecular weight is 321 g/mol. The minimum absolute atomic E-state index is 0.123. The smallest absolute Gasteiger partial charge is 0.407 e. The number of nitrogens with zero attached hydrogens (tertiary/aromatic N) is 3. The van der Waals surface area contributed by atoms with Gasteiger partial charge in [0.2, 0.25) is 0 Å². The lowest BCUT2D eigenvalue weighted by Crippen LogP contribution is -2.56. The second kappa shape index (κ2) is 5.45. The first kappa shape index (κ1) is 14.6. The summed E-state index contributed by atoms with van der Waals surface area (Å²) in [4.78, 5) is 29.7. The first-order chi connectivity index (χ1) is 10.5. The molecule has 7 nitrogen and oxygen atoms in total. The first-order valence-electron chi connectivity index (χ1n) is 6.79. The van der Waals surface area contributed by atoms with Gasteiger partial charge in [0.15, 0.2) is 0 Å². The average Bonchev–Trinajstić information content (AvgIpc) is 2.93. The molecule has 1 aliphatic heterocycles. The Morgan fingerprint density at radius 3 is 2.64 bits per heavy atom. The van der Waals surface area contributed by atoms with Gasteiger partial charge in [-0.25, -0.2) is 14.6 Å². The number of piperazine rings is 1. The number of thiazole rings is 1. The molecule has 116 valence electrons. The molecule has 1 saturated heterocycles. The number of amides is 2. The summed E-state index contributed by atoms with van der Waals surface area (Å²) in [6.45, 7) is 1.99. The van der Waals surface area contributed by atoms with Gasteiger partial charge >= 0.3 is 12.2 Å². The largest absolute Gasteiger partial charge is 0.465 e. The molecule has 3 rings (SSSR count). The summed E-state index contributed by atoms with van der Waals surface area (Å²) in [6, 6.07) is 4.69. The zero-order chi connectivity index (χ0) is 15.9. The van der Waals surface area contributed by atoms with Gasteiger partial charge in [0, 0.05) is 13.1 Å². The normalized spacial score (nSPS) is 22.0. The van der Waals surface area contributed by atoms with Crippen molar-refractivity contribution in [2.24, 2.45) is 0 Å². The molecule has 0 spiro atoms. The molecule has 2 aromatic rings. The summed E-state index contributed by atoms with van der Waals surface area (Å²) in [6.07, 6.45) is -2.07. The van der Waals surface area contributed by atoms with Gasteiger partial charge in [-0.15, -0.1) is 11.3 Å². The van der Waals surface area contributed by atoms with Crippen LogP contribution in [0.3, 0.4) is 0 Å². The first-order valence-corrected chi connectivity index (χ1v) is 7.67. The molecule has 0 aliphatic carbocycles. The van der Waals surface area contributed by atoms with Gasteiger partial charge in [-0.3, -0.25) is 4.90 Å². The maximum absolute atomic E-state index is 11.5. The van der Waals surface area contributed by atoms with Crippen molar-refractivity contribution >= 4 is 33.7 Å². The molecule has 22 heavy (non-hydrogen) atoms. The molecule has 2 amide bonds. The van der Waals surface area contributed by atoms with Crippen molar-refractivity contribution < 1.29 is 19.8 Å². The fraction of sp³-hybridized carbons (Fsp3) is 0.357. The predicted molar refractivity (Wildman–Crippen MR) is 81.3 cm³/mol. The number of rotatable bonds is 1.